The number of ether oxygens (including phenoxy) is 2. The molecule has 1 aromatic rings. The van der Waals surface area contributed by atoms with Crippen molar-refractivity contribution in [3.63, 3.8) is 0 Å². The number of hydrogen-bond donors (Lipinski definition) is 1. The van der Waals surface area contributed by atoms with Crippen molar-refractivity contribution in [1.29, 1.82) is 0 Å². The summed E-state index contributed by atoms with van der Waals surface area (Å²) in [5.74, 6) is -0.684. The Bertz CT molecular complexity index is 1140. The third-order valence-corrected chi connectivity index (χ3v) is 6.93. The number of anilines is 1. The van der Waals surface area contributed by atoms with Gasteiger partial charge >= 0.3 is 5.97 Å². The number of hydrogen-bond acceptors (Lipinski definition) is 8. The number of aliphatic imine (C=N–C) groups is 1. The van der Waals surface area contributed by atoms with E-state index in [0.29, 0.717) is 17.8 Å². The lowest BCUT2D eigenvalue weighted by Crippen LogP contribution is -2.49. The van der Waals surface area contributed by atoms with Crippen LogP contribution in [0.25, 0.3) is 0 Å². The number of rotatable bonds is 9. The van der Waals surface area contributed by atoms with Crippen molar-refractivity contribution in [3.8, 4) is 5.75 Å². The summed E-state index contributed by atoms with van der Waals surface area (Å²) in [5, 5.41) is 3.03. The topological polar surface area (TPSA) is 104 Å². The van der Waals surface area contributed by atoms with Crippen molar-refractivity contribution < 1.29 is 23.9 Å². The highest BCUT2D eigenvalue weighted by Crippen LogP contribution is 2.23. The number of fused-ring (bicyclic) bond motifs is 1. The van der Waals surface area contributed by atoms with Crippen molar-refractivity contribution in [2.24, 2.45) is 10.9 Å². The first kappa shape index (κ1) is 26.5. The van der Waals surface area contributed by atoms with Crippen LogP contribution in [0.15, 0.2) is 53.1 Å². The van der Waals surface area contributed by atoms with Crippen molar-refractivity contribution >= 4 is 46.5 Å². The number of allylic oxidation sites excluding steroid dienone is 1. The quantitative estimate of drug-likeness (QED) is 0.379. The lowest BCUT2D eigenvalue weighted by molar-refractivity contribution is -0.136. The smallest absolute Gasteiger partial charge is 0.337 e. The van der Waals surface area contributed by atoms with E-state index < -0.39 is 11.9 Å². The zero-order chi connectivity index (χ0) is 26.4. The molecule has 1 atom stereocenters. The number of thiocarbonyl (C=S) groups is 1. The number of carbonyl (C=O) groups is 3. The van der Waals surface area contributed by atoms with Crippen molar-refractivity contribution in [1.82, 2.24) is 15.1 Å². The van der Waals surface area contributed by atoms with Crippen molar-refractivity contribution in [2.45, 2.75) is 6.42 Å². The lowest BCUT2D eigenvalue weighted by Gasteiger charge is -2.36. The normalized spacial score (nSPS) is 19.7. The summed E-state index contributed by atoms with van der Waals surface area (Å²) in [6.07, 6.45) is 4.80. The van der Waals surface area contributed by atoms with E-state index in [2.05, 4.69) is 32.2 Å². The number of piperazine rings is 1. The fourth-order valence-corrected chi connectivity index (χ4v) is 4.75. The van der Waals surface area contributed by atoms with E-state index in [1.807, 2.05) is 12.1 Å². The molecule has 0 bridgehead atoms. The Labute approximate surface area is 221 Å². The van der Waals surface area contributed by atoms with Crippen LogP contribution in [0, 0.1) is 5.92 Å². The molecule has 1 saturated heterocycles. The minimum Gasteiger partial charge on any atom is -0.497 e. The second kappa shape index (κ2) is 12.1. The van der Waals surface area contributed by atoms with Crippen LogP contribution in [0.4, 0.5) is 5.69 Å². The molecule has 10 nitrogen and oxygen atoms in total. The third-order valence-electron chi connectivity index (χ3n) is 6.62. The maximum Gasteiger partial charge on any atom is 0.337 e. The van der Waals surface area contributed by atoms with Gasteiger partial charge in [-0.25, -0.2) is 9.79 Å². The number of carbonyl (C=O) groups excluding carboxylic acids is 3. The summed E-state index contributed by atoms with van der Waals surface area (Å²) in [6.45, 7) is 5.12. The molecular formula is C26H31N5O5S. The average Bonchev–Trinajstić information content (AvgIpc) is 2.92. The maximum absolute atomic E-state index is 12.9. The van der Waals surface area contributed by atoms with Gasteiger partial charge in [0.1, 0.15) is 5.75 Å². The fourth-order valence-electron chi connectivity index (χ4n) is 4.47. The predicted molar refractivity (Wildman–Crippen MR) is 144 cm³/mol. The molecule has 196 valence electrons. The first-order chi connectivity index (χ1) is 17.9. The first-order valence-corrected chi connectivity index (χ1v) is 12.6. The van der Waals surface area contributed by atoms with Crippen LogP contribution < -0.4 is 15.0 Å². The molecule has 2 amide bonds. The largest absolute Gasteiger partial charge is 0.497 e. The Hall–Kier alpha value is -3.57. The van der Waals surface area contributed by atoms with E-state index in [1.165, 1.54) is 23.8 Å². The molecule has 4 rings (SSSR count). The average molecular weight is 526 g/mol. The maximum atomic E-state index is 12.9. The summed E-state index contributed by atoms with van der Waals surface area (Å²) in [6, 6.07) is 8.08. The summed E-state index contributed by atoms with van der Waals surface area (Å²) in [5.41, 5.74) is 1.90. The Kier molecular flexibility index (Phi) is 8.67. The van der Waals surface area contributed by atoms with Gasteiger partial charge in [0.25, 0.3) is 0 Å². The molecule has 3 aliphatic rings. The standard InChI is InChI=1S/C26H31N5O5S/c1-35-20-6-4-19(5-7-20)30-15-13-29(14-16-30)12-10-27-23(32)9-11-31-24(33)21-8-3-18(25(34)36-2)17-22(21)28-26(31)37/h3-8,17,21H,9-16H2,1-2H3,(H,27,32). The molecule has 1 fully saturated rings. The Morgan fingerprint density at radius 2 is 1.84 bits per heavy atom. The highest BCUT2D eigenvalue weighted by Gasteiger charge is 2.35. The molecule has 1 unspecified atom stereocenters. The van der Waals surface area contributed by atoms with Gasteiger partial charge in [-0.05, 0) is 42.6 Å². The number of amides is 2. The molecule has 0 saturated carbocycles. The van der Waals surface area contributed by atoms with Gasteiger partial charge in [0, 0.05) is 57.9 Å². The number of methoxy groups -OCH3 is 2. The van der Waals surface area contributed by atoms with Crippen LogP contribution in [-0.2, 0) is 19.1 Å². The number of nitrogens with one attached hydrogen (secondary N) is 1. The van der Waals surface area contributed by atoms with Gasteiger partial charge < -0.3 is 19.7 Å². The molecule has 11 heteroatoms. The highest BCUT2D eigenvalue weighted by molar-refractivity contribution is 7.80. The molecule has 37 heavy (non-hydrogen) atoms. The van der Waals surface area contributed by atoms with Crippen LogP contribution in [0.2, 0.25) is 0 Å². The SMILES string of the molecule is COC(=O)C1=CC2=NC(=S)N(CCC(=O)NCCN3CCN(c4ccc(OC)cc4)CC3)C(=O)C2C=C1. The Morgan fingerprint density at radius 3 is 2.51 bits per heavy atom. The van der Waals surface area contributed by atoms with Crippen molar-refractivity contribution in [3.05, 3.63) is 48.1 Å². The third kappa shape index (κ3) is 6.41. The predicted octanol–water partition coefficient (Wildman–Crippen LogP) is 1.18. The molecule has 0 spiro atoms. The minimum absolute atomic E-state index is 0.0922. The number of benzene rings is 1. The van der Waals surface area contributed by atoms with E-state index in [0.717, 1.165) is 38.5 Å². The zero-order valence-electron chi connectivity index (χ0n) is 21.0. The van der Waals surface area contributed by atoms with E-state index >= 15 is 0 Å². The van der Waals surface area contributed by atoms with Crippen LogP contribution >= 0.6 is 12.2 Å². The van der Waals surface area contributed by atoms with E-state index in [-0.39, 0.29) is 29.9 Å². The van der Waals surface area contributed by atoms with E-state index in [1.54, 1.807) is 19.3 Å². The van der Waals surface area contributed by atoms with Gasteiger partial charge in [0.05, 0.1) is 31.4 Å². The fraction of sp³-hybridized carbons (Fsp3) is 0.423. The Morgan fingerprint density at radius 1 is 1.11 bits per heavy atom. The molecule has 2 heterocycles. The monoisotopic (exact) mass is 525 g/mol. The van der Waals surface area contributed by atoms with Crippen molar-refractivity contribution in [2.75, 3.05) is 64.9 Å². The van der Waals surface area contributed by atoms with Gasteiger partial charge in [-0.1, -0.05) is 12.2 Å². The van der Waals surface area contributed by atoms with Gasteiger partial charge in [-0.3, -0.25) is 19.4 Å². The Balaban J connectivity index is 1.18. The summed E-state index contributed by atoms with van der Waals surface area (Å²) in [4.78, 5) is 47.4. The van der Waals surface area contributed by atoms with E-state index in [9.17, 15) is 14.4 Å². The van der Waals surface area contributed by atoms with Gasteiger partial charge in [0.15, 0.2) is 0 Å². The second-order valence-corrected chi connectivity index (χ2v) is 9.23. The molecule has 1 N–H and O–H groups in total. The number of esters is 1. The van der Waals surface area contributed by atoms with Gasteiger partial charge in [-0.15, -0.1) is 0 Å². The molecule has 1 aromatic carbocycles. The molecule has 2 aliphatic heterocycles. The second-order valence-electron chi connectivity index (χ2n) is 8.86. The molecule has 1 aliphatic carbocycles. The summed E-state index contributed by atoms with van der Waals surface area (Å²) >= 11 is 5.29. The van der Waals surface area contributed by atoms with Crippen LogP contribution in [0.3, 0.4) is 0 Å². The van der Waals surface area contributed by atoms with E-state index in [4.69, 9.17) is 21.7 Å². The minimum atomic E-state index is -0.625. The van der Waals surface area contributed by atoms with Crippen LogP contribution in [0.5, 0.6) is 5.75 Å². The summed E-state index contributed by atoms with van der Waals surface area (Å²) in [7, 11) is 2.95. The zero-order valence-corrected chi connectivity index (χ0v) is 21.8. The molecule has 0 aromatic heterocycles. The van der Waals surface area contributed by atoms with Gasteiger partial charge in [-0.2, -0.15) is 0 Å². The highest BCUT2D eigenvalue weighted by atomic mass is 32.1. The number of nitrogens with zero attached hydrogens (tertiary/aromatic N) is 4. The first-order valence-electron chi connectivity index (χ1n) is 12.2. The van der Waals surface area contributed by atoms with Gasteiger partial charge in [0.2, 0.25) is 16.9 Å². The summed E-state index contributed by atoms with van der Waals surface area (Å²) < 4.78 is 9.94. The van der Waals surface area contributed by atoms with Crippen LogP contribution in [0.1, 0.15) is 6.42 Å². The lowest BCUT2D eigenvalue weighted by atomic mass is 9.92. The molecule has 0 radical (unpaired) electrons. The molecular weight excluding hydrogens is 494 g/mol. The van der Waals surface area contributed by atoms with Crippen LogP contribution in [-0.4, -0.2) is 98.4 Å².